The van der Waals surface area contributed by atoms with Crippen molar-refractivity contribution in [3.63, 3.8) is 0 Å². The summed E-state index contributed by atoms with van der Waals surface area (Å²) in [4.78, 5) is 12.1. The van der Waals surface area contributed by atoms with E-state index < -0.39 is 12.1 Å². The molecule has 0 aliphatic carbocycles. The zero-order valence-electron chi connectivity index (χ0n) is 11.9. The first-order valence-corrected chi connectivity index (χ1v) is 6.84. The number of ether oxygens (including phenoxy) is 2. The van der Waals surface area contributed by atoms with Crippen LogP contribution in [0.5, 0.6) is 28.7 Å². The Labute approximate surface area is 131 Å². The minimum absolute atomic E-state index is 0.00299. The maximum Gasteiger partial charge on any atom is 0.338 e. The van der Waals surface area contributed by atoms with Gasteiger partial charge in [-0.15, -0.1) is 0 Å². The standard InChI is InChI=1S/C16H14O7/c17-9-1-8(2-10(18)3-9)16(21)23-12-6-13-14(20)4-11(19)5-15(13)22-7-12/h1-5,12,17-20H,6-7H2. The maximum absolute atomic E-state index is 12.1. The number of carbonyl (C=O) groups is 1. The molecule has 0 aromatic heterocycles. The Morgan fingerprint density at radius 3 is 2.35 bits per heavy atom. The van der Waals surface area contributed by atoms with Crippen molar-refractivity contribution in [2.45, 2.75) is 12.5 Å². The number of fused-ring (bicyclic) bond motifs is 1. The number of rotatable bonds is 2. The first kappa shape index (κ1) is 14.8. The molecule has 0 radical (unpaired) electrons. The summed E-state index contributed by atoms with van der Waals surface area (Å²) in [6, 6.07) is 6.01. The number of phenolic OH excluding ortho intramolecular Hbond substituents is 4. The summed E-state index contributed by atoms with van der Waals surface area (Å²) >= 11 is 0. The van der Waals surface area contributed by atoms with E-state index in [9.17, 15) is 25.2 Å². The lowest BCUT2D eigenvalue weighted by Gasteiger charge is -2.26. The summed E-state index contributed by atoms with van der Waals surface area (Å²) in [6.07, 6.45) is -0.423. The SMILES string of the molecule is O=C(OC1COc2cc(O)cc(O)c2C1)c1cc(O)cc(O)c1. The molecule has 1 atom stereocenters. The van der Waals surface area contributed by atoms with E-state index in [1.54, 1.807) is 0 Å². The molecule has 4 N–H and O–H groups in total. The smallest absolute Gasteiger partial charge is 0.338 e. The van der Waals surface area contributed by atoms with Crippen LogP contribution in [-0.2, 0) is 11.2 Å². The van der Waals surface area contributed by atoms with Crippen molar-refractivity contribution in [3.05, 3.63) is 41.5 Å². The van der Waals surface area contributed by atoms with E-state index in [1.165, 1.54) is 24.3 Å². The van der Waals surface area contributed by atoms with Gasteiger partial charge in [0, 0.05) is 30.2 Å². The van der Waals surface area contributed by atoms with Crippen molar-refractivity contribution in [1.29, 1.82) is 0 Å². The third-order valence-corrected chi connectivity index (χ3v) is 3.44. The molecule has 23 heavy (non-hydrogen) atoms. The molecule has 7 nitrogen and oxygen atoms in total. The molecule has 2 aromatic rings. The number of aromatic hydroxyl groups is 4. The largest absolute Gasteiger partial charge is 0.508 e. The molecular weight excluding hydrogens is 304 g/mol. The molecule has 1 aliphatic heterocycles. The zero-order valence-corrected chi connectivity index (χ0v) is 11.9. The fourth-order valence-electron chi connectivity index (χ4n) is 2.43. The second kappa shape index (κ2) is 5.60. The molecule has 120 valence electrons. The van der Waals surface area contributed by atoms with Crippen molar-refractivity contribution < 1.29 is 34.7 Å². The summed E-state index contributed by atoms with van der Waals surface area (Å²) in [7, 11) is 0. The Kier molecular flexibility index (Phi) is 3.61. The highest BCUT2D eigenvalue weighted by atomic mass is 16.6. The zero-order chi connectivity index (χ0) is 16.6. The van der Waals surface area contributed by atoms with Crippen LogP contribution < -0.4 is 4.74 Å². The lowest BCUT2D eigenvalue weighted by molar-refractivity contribution is 0.0127. The van der Waals surface area contributed by atoms with Gasteiger partial charge in [0.1, 0.15) is 41.5 Å². The number of phenols is 4. The number of hydrogen-bond acceptors (Lipinski definition) is 7. The van der Waals surface area contributed by atoms with E-state index >= 15 is 0 Å². The van der Waals surface area contributed by atoms with Crippen LogP contribution in [0.3, 0.4) is 0 Å². The lowest BCUT2D eigenvalue weighted by atomic mass is 10.0. The molecule has 0 fully saturated rings. The van der Waals surface area contributed by atoms with Crippen molar-refractivity contribution >= 4 is 5.97 Å². The molecule has 0 amide bonds. The number of carbonyl (C=O) groups excluding carboxylic acids is 1. The van der Waals surface area contributed by atoms with Crippen LogP contribution in [0.25, 0.3) is 0 Å². The van der Waals surface area contributed by atoms with Gasteiger partial charge in [-0.25, -0.2) is 4.79 Å². The minimum Gasteiger partial charge on any atom is -0.508 e. The average Bonchev–Trinajstić information content (AvgIpc) is 2.46. The molecule has 0 spiro atoms. The Bertz CT molecular complexity index is 749. The molecular formula is C16H14O7. The summed E-state index contributed by atoms with van der Waals surface area (Å²) in [5.41, 5.74) is 0.439. The predicted octanol–water partition coefficient (Wildman–Crippen LogP) is 1.67. The second-order valence-corrected chi connectivity index (χ2v) is 5.22. The molecule has 0 saturated carbocycles. The van der Waals surface area contributed by atoms with Gasteiger partial charge in [0.25, 0.3) is 0 Å². The van der Waals surface area contributed by atoms with Crippen LogP contribution in [0, 0.1) is 0 Å². The topological polar surface area (TPSA) is 116 Å². The summed E-state index contributed by atoms with van der Waals surface area (Å²) in [5.74, 6) is -1.16. The van der Waals surface area contributed by atoms with Gasteiger partial charge >= 0.3 is 5.97 Å². The van der Waals surface area contributed by atoms with Crippen LogP contribution in [0.15, 0.2) is 30.3 Å². The number of esters is 1. The van der Waals surface area contributed by atoms with E-state index in [0.717, 1.165) is 6.07 Å². The number of benzene rings is 2. The van der Waals surface area contributed by atoms with Crippen LogP contribution in [0.1, 0.15) is 15.9 Å². The Balaban J connectivity index is 1.75. The number of hydrogen-bond donors (Lipinski definition) is 4. The third-order valence-electron chi connectivity index (χ3n) is 3.44. The average molecular weight is 318 g/mol. The van der Waals surface area contributed by atoms with Gasteiger partial charge in [0.15, 0.2) is 0 Å². The van der Waals surface area contributed by atoms with Crippen LogP contribution >= 0.6 is 0 Å². The molecule has 1 aliphatic rings. The van der Waals surface area contributed by atoms with E-state index in [-0.39, 0.29) is 41.6 Å². The van der Waals surface area contributed by atoms with Crippen molar-refractivity contribution in [2.24, 2.45) is 0 Å². The highest BCUT2D eigenvalue weighted by molar-refractivity contribution is 5.90. The van der Waals surface area contributed by atoms with Gasteiger partial charge in [-0.05, 0) is 12.1 Å². The summed E-state index contributed by atoms with van der Waals surface area (Å²) < 4.78 is 10.7. The third kappa shape index (κ3) is 3.08. The van der Waals surface area contributed by atoms with Gasteiger partial charge < -0.3 is 29.9 Å². The quantitative estimate of drug-likeness (QED) is 0.622. The van der Waals surface area contributed by atoms with E-state index in [2.05, 4.69) is 0 Å². The van der Waals surface area contributed by atoms with Crippen LogP contribution in [0.2, 0.25) is 0 Å². The highest BCUT2D eigenvalue weighted by Crippen LogP contribution is 2.36. The predicted molar refractivity (Wildman–Crippen MR) is 77.9 cm³/mol. The summed E-state index contributed by atoms with van der Waals surface area (Å²) in [6.45, 7) is 0.0619. The first-order valence-electron chi connectivity index (χ1n) is 6.84. The summed E-state index contributed by atoms with van der Waals surface area (Å²) in [5, 5.41) is 38.0. The Morgan fingerprint density at radius 1 is 1.00 bits per heavy atom. The van der Waals surface area contributed by atoms with Gasteiger partial charge in [0.05, 0.1) is 5.56 Å². The van der Waals surface area contributed by atoms with Crippen LogP contribution in [-0.4, -0.2) is 39.1 Å². The van der Waals surface area contributed by atoms with Crippen LogP contribution in [0.4, 0.5) is 0 Å². The van der Waals surface area contributed by atoms with E-state index in [4.69, 9.17) is 9.47 Å². The molecule has 1 unspecified atom stereocenters. The van der Waals surface area contributed by atoms with Crippen molar-refractivity contribution in [1.82, 2.24) is 0 Å². The fraction of sp³-hybridized carbons (Fsp3) is 0.188. The van der Waals surface area contributed by atoms with Crippen molar-refractivity contribution in [3.8, 4) is 28.7 Å². The molecule has 2 aromatic carbocycles. The maximum atomic E-state index is 12.1. The highest BCUT2D eigenvalue weighted by Gasteiger charge is 2.26. The monoisotopic (exact) mass is 318 g/mol. The van der Waals surface area contributed by atoms with Gasteiger partial charge in [-0.3, -0.25) is 0 Å². The molecule has 7 heteroatoms. The minimum atomic E-state index is -0.730. The van der Waals surface area contributed by atoms with E-state index in [0.29, 0.717) is 11.3 Å². The fourth-order valence-corrected chi connectivity index (χ4v) is 2.43. The normalized spacial score (nSPS) is 16.3. The van der Waals surface area contributed by atoms with Gasteiger partial charge in [-0.2, -0.15) is 0 Å². The van der Waals surface area contributed by atoms with Crippen molar-refractivity contribution in [2.75, 3.05) is 6.61 Å². The Morgan fingerprint density at radius 2 is 1.65 bits per heavy atom. The van der Waals surface area contributed by atoms with E-state index in [1.807, 2.05) is 0 Å². The molecule has 1 heterocycles. The second-order valence-electron chi connectivity index (χ2n) is 5.22. The first-order chi connectivity index (χ1) is 10.9. The molecule has 3 rings (SSSR count). The lowest BCUT2D eigenvalue weighted by Crippen LogP contribution is -2.31. The molecule has 0 saturated heterocycles. The molecule has 0 bridgehead atoms. The Hall–Kier alpha value is -3.09. The van der Waals surface area contributed by atoms with Gasteiger partial charge in [0.2, 0.25) is 0 Å². The van der Waals surface area contributed by atoms with Gasteiger partial charge in [-0.1, -0.05) is 0 Å².